The zero-order valence-corrected chi connectivity index (χ0v) is 14.0. The standard InChI is InChI=1S/C17H26O5/c1-10(2)21-14-15(18)17(19,16(14)22-11(3)4)12-7-6-8-13(9-12)20-5/h9-11,13,19H,6-8H2,1-5H3/t13-,17-/m1/s1. The maximum atomic E-state index is 12.5. The third-order valence-corrected chi connectivity index (χ3v) is 3.87. The van der Waals surface area contributed by atoms with E-state index >= 15 is 0 Å². The lowest BCUT2D eigenvalue weighted by molar-refractivity contribution is -0.145. The lowest BCUT2D eigenvalue weighted by Gasteiger charge is -2.42. The number of rotatable bonds is 6. The molecule has 0 radical (unpaired) electrons. The second-order valence-electron chi connectivity index (χ2n) is 6.39. The van der Waals surface area contributed by atoms with Gasteiger partial charge >= 0.3 is 0 Å². The van der Waals surface area contributed by atoms with Gasteiger partial charge in [-0.15, -0.1) is 0 Å². The van der Waals surface area contributed by atoms with E-state index in [9.17, 15) is 9.90 Å². The molecule has 0 fully saturated rings. The van der Waals surface area contributed by atoms with E-state index in [2.05, 4.69) is 0 Å². The Bertz CT molecular complexity index is 503. The van der Waals surface area contributed by atoms with E-state index in [1.807, 2.05) is 33.8 Å². The molecular formula is C17H26O5. The Hall–Kier alpha value is -1.33. The molecule has 0 aliphatic heterocycles. The molecule has 0 aromatic heterocycles. The third-order valence-electron chi connectivity index (χ3n) is 3.87. The summed E-state index contributed by atoms with van der Waals surface area (Å²) in [6.45, 7) is 7.39. The molecule has 0 heterocycles. The van der Waals surface area contributed by atoms with Crippen molar-refractivity contribution in [3.63, 3.8) is 0 Å². The molecule has 22 heavy (non-hydrogen) atoms. The smallest absolute Gasteiger partial charge is 0.244 e. The topological polar surface area (TPSA) is 65.0 Å². The van der Waals surface area contributed by atoms with Crippen molar-refractivity contribution in [1.29, 1.82) is 0 Å². The summed E-state index contributed by atoms with van der Waals surface area (Å²) in [4.78, 5) is 12.5. The lowest BCUT2D eigenvalue weighted by atomic mass is 9.73. The molecule has 2 aliphatic rings. The van der Waals surface area contributed by atoms with Crippen LogP contribution in [0.4, 0.5) is 0 Å². The van der Waals surface area contributed by atoms with Crippen molar-refractivity contribution >= 4 is 5.78 Å². The Balaban J connectivity index is 2.37. The van der Waals surface area contributed by atoms with Gasteiger partial charge in [0.05, 0.1) is 18.3 Å². The first-order chi connectivity index (χ1) is 10.3. The van der Waals surface area contributed by atoms with Gasteiger partial charge in [0.25, 0.3) is 0 Å². The molecule has 0 spiro atoms. The number of methoxy groups -OCH3 is 1. The molecule has 2 aliphatic carbocycles. The summed E-state index contributed by atoms with van der Waals surface area (Å²) in [6, 6.07) is 0. The number of carbonyl (C=O) groups excluding carboxylic acids is 1. The van der Waals surface area contributed by atoms with Gasteiger partial charge in [-0.1, -0.05) is 6.08 Å². The van der Waals surface area contributed by atoms with Gasteiger partial charge in [-0.25, -0.2) is 0 Å². The Kier molecular flexibility index (Phi) is 4.97. The lowest BCUT2D eigenvalue weighted by Crippen LogP contribution is -2.55. The summed E-state index contributed by atoms with van der Waals surface area (Å²) in [5, 5.41) is 11.0. The minimum atomic E-state index is -1.69. The highest BCUT2D eigenvalue weighted by molar-refractivity contribution is 6.12. The molecule has 1 N–H and O–H groups in total. The number of Topliss-reactive ketones (excluding diaryl/α,β-unsaturated/α-hetero) is 1. The van der Waals surface area contributed by atoms with Crippen molar-refractivity contribution in [2.45, 2.75) is 70.9 Å². The fourth-order valence-electron chi connectivity index (χ4n) is 2.85. The van der Waals surface area contributed by atoms with Gasteiger partial charge in [0.1, 0.15) is 0 Å². The van der Waals surface area contributed by atoms with E-state index in [-0.39, 0.29) is 29.8 Å². The van der Waals surface area contributed by atoms with Crippen LogP contribution in [0.15, 0.2) is 23.2 Å². The Morgan fingerprint density at radius 3 is 2.41 bits per heavy atom. The van der Waals surface area contributed by atoms with Crippen molar-refractivity contribution in [3.8, 4) is 0 Å². The highest BCUT2D eigenvalue weighted by Crippen LogP contribution is 2.45. The van der Waals surface area contributed by atoms with Gasteiger partial charge in [0, 0.05) is 7.11 Å². The molecular weight excluding hydrogens is 284 g/mol. The van der Waals surface area contributed by atoms with Gasteiger partial charge in [-0.05, 0) is 52.5 Å². The molecule has 0 aromatic carbocycles. The first kappa shape index (κ1) is 17.0. The maximum Gasteiger partial charge on any atom is 0.244 e. The van der Waals surface area contributed by atoms with E-state index in [0.29, 0.717) is 12.0 Å². The van der Waals surface area contributed by atoms with Crippen LogP contribution in [0, 0.1) is 0 Å². The molecule has 2 rings (SSSR count). The van der Waals surface area contributed by atoms with Crippen molar-refractivity contribution in [3.05, 3.63) is 23.2 Å². The third kappa shape index (κ3) is 2.92. The normalized spacial score (nSPS) is 28.8. The van der Waals surface area contributed by atoms with Gasteiger partial charge in [-0.2, -0.15) is 0 Å². The van der Waals surface area contributed by atoms with E-state index < -0.39 is 11.4 Å². The molecule has 124 valence electrons. The Labute approximate surface area is 131 Å². The van der Waals surface area contributed by atoms with Crippen molar-refractivity contribution < 1.29 is 24.1 Å². The number of ether oxygens (including phenoxy) is 3. The molecule has 0 aromatic rings. The van der Waals surface area contributed by atoms with E-state index in [4.69, 9.17) is 14.2 Å². The SMILES string of the molecule is CO[C@H]1C=C([C@@]2(O)C(=O)C(OC(C)C)=C2OC(C)C)CCC1. The number of hydrogen-bond acceptors (Lipinski definition) is 5. The zero-order chi connectivity index (χ0) is 16.5. The van der Waals surface area contributed by atoms with Gasteiger partial charge in [0.2, 0.25) is 17.1 Å². The van der Waals surface area contributed by atoms with Crippen LogP contribution in [0.3, 0.4) is 0 Å². The highest BCUT2D eigenvalue weighted by atomic mass is 16.6. The van der Waals surface area contributed by atoms with Gasteiger partial charge in [-0.3, -0.25) is 4.79 Å². The van der Waals surface area contributed by atoms with Crippen LogP contribution in [0.2, 0.25) is 0 Å². The van der Waals surface area contributed by atoms with Crippen molar-refractivity contribution in [2.75, 3.05) is 7.11 Å². The highest BCUT2D eigenvalue weighted by Gasteiger charge is 2.59. The number of hydrogen-bond donors (Lipinski definition) is 1. The number of ketones is 1. The fourth-order valence-corrected chi connectivity index (χ4v) is 2.85. The van der Waals surface area contributed by atoms with Crippen LogP contribution >= 0.6 is 0 Å². The van der Waals surface area contributed by atoms with Gasteiger partial charge in [0.15, 0.2) is 5.76 Å². The first-order valence-corrected chi connectivity index (χ1v) is 7.89. The minimum Gasteiger partial charge on any atom is -0.487 e. The molecule has 0 saturated heterocycles. The fraction of sp³-hybridized carbons (Fsp3) is 0.706. The minimum absolute atomic E-state index is 0.0732. The second-order valence-corrected chi connectivity index (χ2v) is 6.39. The van der Waals surface area contributed by atoms with Crippen LogP contribution in [-0.2, 0) is 19.0 Å². The van der Waals surface area contributed by atoms with E-state index in [0.717, 1.165) is 12.8 Å². The predicted octanol–water partition coefficient (Wildman–Crippen LogP) is 2.49. The molecule has 5 nitrogen and oxygen atoms in total. The molecule has 0 saturated carbocycles. The molecule has 2 atom stereocenters. The Morgan fingerprint density at radius 2 is 1.86 bits per heavy atom. The van der Waals surface area contributed by atoms with Crippen molar-refractivity contribution in [2.24, 2.45) is 0 Å². The van der Waals surface area contributed by atoms with Crippen molar-refractivity contribution in [1.82, 2.24) is 0 Å². The summed E-state index contributed by atoms with van der Waals surface area (Å²) in [6.07, 6.45) is 3.89. The van der Waals surface area contributed by atoms with Crippen LogP contribution in [-0.4, -0.2) is 41.9 Å². The number of aliphatic hydroxyl groups is 1. The monoisotopic (exact) mass is 310 g/mol. The van der Waals surface area contributed by atoms with Crippen LogP contribution in [0.25, 0.3) is 0 Å². The quantitative estimate of drug-likeness (QED) is 0.764. The second kappa shape index (κ2) is 6.42. The molecule has 0 bridgehead atoms. The largest absolute Gasteiger partial charge is 0.487 e. The molecule has 0 amide bonds. The zero-order valence-electron chi connectivity index (χ0n) is 14.0. The van der Waals surface area contributed by atoms with Crippen LogP contribution < -0.4 is 0 Å². The molecule has 5 heteroatoms. The van der Waals surface area contributed by atoms with E-state index in [1.165, 1.54) is 0 Å². The average Bonchev–Trinajstić information content (AvgIpc) is 2.49. The predicted molar refractivity (Wildman–Crippen MR) is 82.2 cm³/mol. The van der Waals surface area contributed by atoms with Gasteiger partial charge < -0.3 is 19.3 Å². The summed E-state index contributed by atoms with van der Waals surface area (Å²) >= 11 is 0. The first-order valence-electron chi connectivity index (χ1n) is 7.89. The summed E-state index contributed by atoms with van der Waals surface area (Å²) < 4.78 is 16.6. The average molecular weight is 310 g/mol. The Morgan fingerprint density at radius 1 is 1.23 bits per heavy atom. The summed E-state index contributed by atoms with van der Waals surface area (Å²) in [5.74, 6) is -0.0318. The van der Waals surface area contributed by atoms with Crippen LogP contribution in [0.1, 0.15) is 47.0 Å². The molecule has 0 unspecified atom stereocenters. The summed E-state index contributed by atoms with van der Waals surface area (Å²) in [7, 11) is 1.63. The summed E-state index contributed by atoms with van der Waals surface area (Å²) in [5.41, 5.74) is -1.03. The van der Waals surface area contributed by atoms with E-state index in [1.54, 1.807) is 7.11 Å². The maximum absolute atomic E-state index is 12.5. The van der Waals surface area contributed by atoms with Crippen LogP contribution in [0.5, 0.6) is 0 Å². The number of carbonyl (C=O) groups is 1.